The van der Waals surface area contributed by atoms with Gasteiger partial charge in [-0.1, -0.05) is 35.9 Å². The molecule has 0 radical (unpaired) electrons. The molecule has 1 N–H and O–H groups in total. The van der Waals surface area contributed by atoms with Crippen molar-refractivity contribution in [1.82, 2.24) is 5.32 Å². The number of methoxy groups -OCH3 is 2. The maximum atomic E-state index is 6.41. The van der Waals surface area contributed by atoms with E-state index in [4.69, 9.17) is 25.8 Å². The second kappa shape index (κ2) is 10.3. The molecule has 5 heteroatoms. The van der Waals surface area contributed by atoms with Gasteiger partial charge in [-0.25, -0.2) is 0 Å². The number of aryl methyl sites for hydroxylation is 1. The third kappa shape index (κ3) is 5.92. The molecule has 2 aromatic rings. The maximum Gasteiger partial charge on any atom is 0.163 e. The van der Waals surface area contributed by atoms with E-state index in [-0.39, 0.29) is 0 Å². The minimum atomic E-state index is 0.480. The fourth-order valence-corrected chi connectivity index (χ4v) is 2.70. The lowest BCUT2D eigenvalue weighted by molar-refractivity contribution is 0.194. The summed E-state index contributed by atoms with van der Waals surface area (Å²) in [4.78, 5) is 0. The number of hydrogen-bond acceptors (Lipinski definition) is 4. The van der Waals surface area contributed by atoms with Crippen molar-refractivity contribution in [2.24, 2.45) is 0 Å². The first-order chi connectivity index (χ1) is 12.2. The molecule has 0 amide bonds. The summed E-state index contributed by atoms with van der Waals surface area (Å²) in [5.41, 5.74) is 3.33. The topological polar surface area (TPSA) is 39.7 Å². The molecule has 136 valence electrons. The number of halogens is 1. The normalized spacial score (nSPS) is 10.7. The average molecular weight is 364 g/mol. The van der Waals surface area contributed by atoms with Gasteiger partial charge in [0, 0.05) is 31.4 Å². The fraction of sp³-hybridized carbons (Fsp3) is 0.400. The van der Waals surface area contributed by atoms with Gasteiger partial charge in [0.2, 0.25) is 0 Å². The molecule has 0 aromatic heterocycles. The first-order valence-electron chi connectivity index (χ1n) is 8.39. The largest absolute Gasteiger partial charge is 0.493 e. The van der Waals surface area contributed by atoms with Crippen LogP contribution in [0.5, 0.6) is 11.5 Å². The van der Waals surface area contributed by atoms with Crippen molar-refractivity contribution >= 4 is 11.6 Å². The minimum absolute atomic E-state index is 0.480. The van der Waals surface area contributed by atoms with E-state index in [2.05, 4.69) is 24.4 Å². The van der Waals surface area contributed by atoms with Gasteiger partial charge in [-0.2, -0.15) is 0 Å². The van der Waals surface area contributed by atoms with E-state index in [9.17, 15) is 0 Å². The maximum absolute atomic E-state index is 6.41. The van der Waals surface area contributed by atoms with Crippen molar-refractivity contribution < 1.29 is 14.2 Å². The van der Waals surface area contributed by atoms with Gasteiger partial charge in [-0.05, 0) is 42.6 Å². The van der Waals surface area contributed by atoms with Crippen LogP contribution in [0.15, 0.2) is 36.4 Å². The van der Waals surface area contributed by atoms with Gasteiger partial charge >= 0.3 is 0 Å². The summed E-state index contributed by atoms with van der Waals surface area (Å²) in [5.74, 6) is 1.34. The highest BCUT2D eigenvalue weighted by Gasteiger charge is 2.11. The summed E-state index contributed by atoms with van der Waals surface area (Å²) >= 11 is 6.41. The van der Waals surface area contributed by atoms with E-state index < -0.39 is 0 Å². The highest BCUT2D eigenvalue weighted by molar-refractivity contribution is 6.31. The molecule has 0 aliphatic rings. The Hall–Kier alpha value is -1.75. The van der Waals surface area contributed by atoms with E-state index in [0.717, 1.165) is 30.7 Å². The lowest BCUT2D eigenvalue weighted by atomic mass is 10.1. The average Bonchev–Trinajstić information content (AvgIpc) is 2.62. The monoisotopic (exact) mass is 363 g/mol. The first kappa shape index (κ1) is 19.6. The molecule has 0 saturated carbocycles. The van der Waals surface area contributed by atoms with Crippen LogP contribution >= 0.6 is 11.6 Å². The van der Waals surface area contributed by atoms with E-state index >= 15 is 0 Å². The van der Waals surface area contributed by atoms with Gasteiger partial charge in [0.25, 0.3) is 0 Å². The van der Waals surface area contributed by atoms with Gasteiger partial charge in [0.1, 0.15) is 6.61 Å². The summed E-state index contributed by atoms with van der Waals surface area (Å²) in [5, 5.41) is 4.02. The predicted octanol–water partition coefficient (Wildman–Crippen LogP) is 4.36. The highest BCUT2D eigenvalue weighted by Crippen LogP contribution is 2.34. The number of benzene rings is 2. The number of hydrogen-bond donors (Lipinski definition) is 1. The van der Waals surface area contributed by atoms with Crippen molar-refractivity contribution in [1.29, 1.82) is 0 Å². The van der Waals surface area contributed by atoms with Crippen molar-refractivity contribution in [3.05, 3.63) is 58.1 Å². The Morgan fingerprint density at radius 1 is 1.04 bits per heavy atom. The fourth-order valence-electron chi connectivity index (χ4n) is 2.48. The molecule has 0 aliphatic carbocycles. The molecule has 0 aliphatic heterocycles. The minimum Gasteiger partial charge on any atom is -0.493 e. The molecule has 0 spiro atoms. The SMILES string of the molecule is COCCCNCc1cc(OC)c(OCc2ccccc2C)cc1Cl. The molecule has 4 nitrogen and oxygen atoms in total. The Labute approximate surface area is 155 Å². The van der Waals surface area contributed by atoms with Crippen molar-refractivity contribution in [3.8, 4) is 11.5 Å². The second-order valence-corrected chi connectivity index (χ2v) is 6.24. The summed E-state index contributed by atoms with van der Waals surface area (Å²) in [6, 6.07) is 11.9. The third-order valence-electron chi connectivity index (χ3n) is 3.99. The Bertz CT molecular complexity index is 676. The number of nitrogens with one attached hydrogen (secondary N) is 1. The van der Waals surface area contributed by atoms with Crippen LogP contribution in [0.4, 0.5) is 0 Å². The molecule has 0 saturated heterocycles. The van der Waals surface area contributed by atoms with Gasteiger partial charge in [0.15, 0.2) is 11.5 Å². The molecular formula is C20H26ClNO3. The zero-order valence-corrected chi connectivity index (χ0v) is 15.9. The van der Waals surface area contributed by atoms with Crippen LogP contribution in [0.2, 0.25) is 5.02 Å². The smallest absolute Gasteiger partial charge is 0.163 e. The van der Waals surface area contributed by atoms with Gasteiger partial charge in [0.05, 0.1) is 7.11 Å². The van der Waals surface area contributed by atoms with Crippen LogP contribution in [-0.4, -0.2) is 27.4 Å². The van der Waals surface area contributed by atoms with Crippen LogP contribution in [0.25, 0.3) is 0 Å². The summed E-state index contributed by atoms with van der Waals surface area (Å²) in [6.45, 7) is 4.85. The lowest BCUT2D eigenvalue weighted by Gasteiger charge is -2.15. The molecule has 0 unspecified atom stereocenters. The van der Waals surface area contributed by atoms with Crippen LogP contribution in [0.1, 0.15) is 23.1 Å². The molecule has 0 fully saturated rings. The second-order valence-electron chi connectivity index (χ2n) is 5.83. The zero-order chi connectivity index (χ0) is 18.1. The first-order valence-corrected chi connectivity index (χ1v) is 8.77. The van der Waals surface area contributed by atoms with Gasteiger partial charge in [-0.15, -0.1) is 0 Å². The van der Waals surface area contributed by atoms with Crippen LogP contribution in [0.3, 0.4) is 0 Å². The molecule has 25 heavy (non-hydrogen) atoms. The Kier molecular flexibility index (Phi) is 8.06. The van der Waals surface area contributed by atoms with E-state index in [0.29, 0.717) is 29.7 Å². The van der Waals surface area contributed by atoms with Gasteiger partial charge < -0.3 is 19.5 Å². The summed E-state index contributed by atoms with van der Waals surface area (Å²) < 4.78 is 16.5. The van der Waals surface area contributed by atoms with E-state index in [1.165, 1.54) is 5.56 Å². The van der Waals surface area contributed by atoms with E-state index in [1.54, 1.807) is 14.2 Å². The van der Waals surface area contributed by atoms with Crippen LogP contribution in [-0.2, 0) is 17.9 Å². The lowest BCUT2D eigenvalue weighted by Crippen LogP contribution is -2.16. The highest BCUT2D eigenvalue weighted by atomic mass is 35.5. The quantitative estimate of drug-likeness (QED) is 0.636. The van der Waals surface area contributed by atoms with Crippen LogP contribution in [0, 0.1) is 6.92 Å². The molecule has 0 bridgehead atoms. The number of ether oxygens (including phenoxy) is 3. The molecule has 0 atom stereocenters. The van der Waals surface area contributed by atoms with E-state index in [1.807, 2.05) is 24.3 Å². The standard InChI is InChI=1S/C20H26ClNO3/c1-15-7-4-5-8-16(15)14-25-20-12-18(21)17(11-19(20)24-3)13-22-9-6-10-23-2/h4-5,7-8,11-12,22H,6,9-10,13-14H2,1-3H3. The third-order valence-corrected chi connectivity index (χ3v) is 4.35. The molecule has 2 rings (SSSR count). The predicted molar refractivity (Wildman–Crippen MR) is 102 cm³/mol. The zero-order valence-electron chi connectivity index (χ0n) is 15.1. The molecule has 2 aromatic carbocycles. The Balaban J connectivity index is 2.01. The van der Waals surface area contributed by atoms with Crippen molar-refractivity contribution in [2.45, 2.75) is 26.5 Å². The Morgan fingerprint density at radius 3 is 2.56 bits per heavy atom. The molecule has 0 heterocycles. The van der Waals surface area contributed by atoms with Crippen molar-refractivity contribution in [3.63, 3.8) is 0 Å². The summed E-state index contributed by atoms with van der Waals surface area (Å²) in [7, 11) is 3.34. The van der Waals surface area contributed by atoms with Crippen LogP contribution < -0.4 is 14.8 Å². The van der Waals surface area contributed by atoms with Crippen molar-refractivity contribution in [2.75, 3.05) is 27.4 Å². The molecular weight excluding hydrogens is 338 g/mol. The number of rotatable bonds is 10. The van der Waals surface area contributed by atoms with Gasteiger partial charge in [-0.3, -0.25) is 0 Å². The Morgan fingerprint density at radius 2 is 1.84 bits per heavy atom. The summed E-state index contributed by atoms with van der Waals surface area (Å²) in [6.07, 6.45) is 0.961.